The number of aromatic nitrogens is 1. The molecule has 1 aliphatic rings. The molecule has 0 unspecified atom stereocenters. The van der Waals surface area contributed by atoms with E-state index in [2.05, 4.69) is 24.1 Å². The number of ketones is 1. The second-order valence-corrected chi connectivity index (χ2v) is 8.35. The van der Waals surface area contributed by atoms with Crippen molar-refractivity contribution in [2.24, 2.45) is 0 Å². The second-order valence-electron chi connectivity index (χ2n) is 8.35. The first-order valence-electron chi connectivity index (χ1n) is 10.2. The molecule has 0 atom stereocenters. The fourth-order valence-corrected chi connectivity index (χ4v) is 4.18. The van der Waals surface area contributed by atoms with Crippen LogP contribution in [-0.2, 0) is 0 Å². The summed E-state index contributed by atoms with van der Waals surface area (Å²) in [6.45, 7) is 12.3. The van der Waals surface area contributed by atoms with Gasteiger partial charge in [-0.2, -0.15) is 0 Å². The molecule has 2 heterocycles. The fraction of sp³-hybridized carbons (Fsp3) is 0.522. The Bertz CT molecular complexity index is 848. The summed E-state index contributed by atoms with van der Waals surface area (Å²) in [6, 6.07) is 8.20. The van der Waals surface area contributed by atoms with E-state index in [4.69, 9.17) is 0 Å². The van der Waals surface area contributed by atoms with E-state index >= 15 is 0 Å². The molecular weight excluding hydrogens is 353 g/mol. The van der Waals surface area contributed by atoms with E-state index in [9.17, 15) is 9.18 Å². The summed E-state index contributed by atoms with van der Waals surface area (Å²) >= 11 is 0. The lowest BCUT2D eigenvalue weighted by molar-refractivity contribution is 0.0902. The molecule has 1 fully saturated rings. The van der Waals surface area contributed by atoms with Crippen LogP contribution >= 0.6 is 0 Å². The number of nitrogens with zero attached hydrogens (tertiary/aromatic N) is 2. The number of nitrogens with one attached hydrogen (secondary N) is 1. The van der Waals surface area contributed by atoms with Crippen molar-refractivity contribution in [2.45, 2.75) is 59.5 Å². The minimum atomic E-state index is -0.226. The van der Waals surface area contributed by atoms with E-state index in [1.807, 2.05) is 30.5 Å². The van der Waals surface area contributed by atoms with Crippen LogP contribution in [0.15, 0.2) is 24.3 Å². The number of rotatable bonds is 6. The van der Waals surface area contributed by atoms with Crippen LogP contribution in [-0.4, -0.2) is 47.0 Å². The average molecular weight is 386 g/mol. The topological polar surface area (TPSA) is 37.3 Å². The van der Waals surface area contributed by atoms with Crippen LogP contribution in [0.25, 0.3) is 5.69 Å². The Labute approximate surface area is 167 Å². The van der Waals surface area contributed by atoms with Gasteiger partial charge in [0.25, 0.3) is 0 Å². The van der Waals surface area contributed by atoms with Gasteiger partial charge in [0.05, 0.1) is 6.54 Å². The van der Waals surface area contributed by atoms with Crippen LogP contribution in [0.4, 0.5) is 4.39 Å². The number of carbonyl (C=O) groups excluding carboxylic acids is 1. The Hall–Kier alpha value is -1.98. The highest BCUT2D eigenvalue weighted by atomic mass is 19.1. The summed E-state index contributed by atoms with van der Waals surface area (Å²) in [6.07, 6.45) is 2.15. The third-order valence-corrected chi connectivity index (χ3v) is 5.67. The summed E-state index contributed by atoms with van der Waals surface area (Å²) in [4.78, 5) is 15.2. The molecule has 1 aliphatic heterocycles. The van der Waals surface area contributed by atoms with Crippen LogP contribution in [0.5, 0.6) is 0 Å². The van der Waals surface area contributed by atoms with Crippen molar-refractivity contribution in [1.82, 2.24) is 14.8 Å². The number of carbonyl (C=O) groups is 1. The molecule has 1 aromatic heterocycles. The summed E-state index contributed by atoms with van der Waals surface area (Å²) in [7, 11) is 0. The predicted molar refractivity (Wildman–Crippen MR) is 112 cm³/mol. The van der Waals surface area contributed by atoms with Gasteiger partial charge in [-0.15, -0.1) is 0 Å². The van der Waals surface area contributed by atoms with Crippen molar-refractivity contribution >= 4 is 5.78 Å². The van der Waals surface area contributed by atoms with Crippen LogP contribution in [0, 0.1) is 26.6 Å². The first-order valence-corrected chi connectivity index (χ1v) is 10.2. The number of hydrogen-bond acceptors (Lipinski definition) is 3. The minimum absolute atomic E-state index is 0.141. The predicted octanol–water partition coefficient (Wildman–Crippen LogP) is 4.19. The number of likely N-dealkylation sites (tertiary alicyclic amines) is 1. The summed E-state index contributed by atoms with van der Waals surface area (Å²) in [5, 5.41) is 3.59. The number of piperidine rings is 1. The van der Waals surface area contributed by atoms with E-state index in [0.717, 1.165) is 48.6 Å². The molecule has 3 rings (SSSR count). The van der Waals surface area contributed by atoms with Crippen molar-refractivity contribution in [2.75, 3.05) is 19.6 Å². The van der Waals surface area contributed by atoms with Gasteiger partial charge in [-0.05, 0) is 57.4 Å². The largest absolute Gasteiger partial charge is 0.318 e. The molecule has 0 aliphatic carbocycles. The number of halogens is 1. The van der Waals surface area contributed by atoms with Gasteiger partial charge in [0.2, 0.25) is 0 Å². The summed E-state index contributed by atoms with van der Waals surface area (Å²) in [5.74, 6) is -0.0852. The third-order valence-electron chi connectivity index (χ3n) is 5.67. The standard InChI is InChI=1S/C23H32FN3O/c1-15(2)25-19-8-10-26(11-9-19)14-23(28)21-12-17(4)27(18(21)5)20-7-6-16(3)22(24)13-20/h6-7,12-13,15,19,25H,8-11,14H2,1-5H3. The van der Waals surface area contributed by atoms with E-state index in [0.29, 0.717) is 24.2 Å². The van der Waals surface area contributed by atoms with Crippen molar-refractivity contribution in [3.8, 4) is 5.69 Å². The molecule has 0 amide bonds. The van der Waals surface area contributed by atoms with Crippen molar-refractivity contribution in [3.05, 3.63) is 52.6 Å². The molecular formula is C23H32FN3O. The molecule has 0 bridgehead atoms. The van der Waals surface area contributed by atoms with Gasteiger partial charge < -0.3 is 9.88 Å². The lowest BCUT2D eigenvalue weighted by atomic mass is 10.0. The van der Waals surface area contributed by atoms with E-state index < -0.39 is 0 Å². The molecule has 4 nitrogen and oxygen atoms in total. The Balaban J connectivity index is 1.71. The van der Waals surface area contributed by atoms with Crippen LogP contribution in [0.2, 0.25) is 0 Å². The first-order chi connectivity index (χ1) is 13.3. The van der Waals surface area contributed by atoms with Crippen molar-refractivity contribution < 1.29 is 9.18 Å². The fourth-order valence-electron chi connectivity index (χ4n) is 4.18. The Morgan fingerprint density at radius 1 is 1.18 bits per heavy atom. The molecule has 0 spiro atoms. The quantitative estimate of drug-likeness (QED) is 0.758. The third kappa shape index (κ3) is 4.53. The van der Waals surface area contributed by atoms with Crippen LogP contribution in [0.3, 0.4) is 0 Å². The van der Waals surface area contributed by atoms with Crippen molar-refractivity contribution in [3.63, 3.8) is 0 Å². The Morgan fingerprint density at radius 3 is 2.46 bits per heavy atom. The Morgan fingerprint density at radius 2 is 1.86 bits per heavy atom. The van der Waals surface area contributed by atoms with Gasteiger partial charge in [-0.25, -0.2) is 4.39 Å². The average Bonchev–Trinajstić information content (AvgIpc) is 2.93. The lowest BCUT2D eigenvalue weighted by Gasteiger charge is -2.33. The number of benzene rings is 1. The highest BCUT2D eigenvalue weighted by Gasteiger charge is 2.23. The van der Waals surface area contributed by atoms with Gasteiger partial charge in [-0.3, -0.25) is 9.69 Å². The molecule has 2 aromatic rings. The summed E-state index contributed by atoms with van der Waals surface area (Å²) < 4.78 is 16.0. The Kier molecular flexibility index (Phi) is 6.36. The zero-order valence-electron chi connectivity index (χ0n) is 17.7. The smallest absolute Gasteiger partial charge is 0.178 e. The van der Waals surface area contributed by atoms with Gasteiger partial charge in [0, 0.05) is 47.8 Å². The van der Waals surface area contributed by atoms with Crippen molar-refractivity contribution in [1.29, 1.82) is 0 Å². The first kappa shape index (κ1) is 20.7. The highest BCUT2D eigenvalue weighted by Crippen LogP contribution is 2.23. The van der Waals surface area contributed by atoms with E-state index in [-0.39, 0.29) is 11.6 Å². The van der Waals surface area contributed by atoms with Crippen LogP contribution in [0.1, 0.15) is 54.0 Å². The zero-order chi connectivity index (χ0) is 20.4. The molecule has 0 radical (unpaired) electrons. The SMILES string of the molecule is Cc1ccc(-n2c(C)cc(C(=O)CN3CCC(NC(C)C)CC3)c2C)cc1F. The van der Waals surface area contributed by atoms with Gasteiger partial charge in [0.15, 0.2) is 5.78 Å². The number of Topliss-reactive ketones (excluding diaryl/α,β-unsaturated/α-hetero) is 1. The molecule has 1 saturated heterocycles. The molecule has 1 N–H and O–H groups in total. The molecule has 5 heteroatoms. The van der Waals surface area contributed by atoms with E-state index in [1.165, 1.54) is 6.07 Å². The normalized spacial score (nSPS) is 16.1. The van der Waals surface area contributed by atoms with Gasteiger partial charge >= 0.3 is 0 Å². The molecule has 28 heavy (non-hydrogen) atoms. The minimum Gasteiger partial charge on any atom is -0.318 e. The number of aryl methyl sites for hydroxylation is 2. The second kappa shape index (κ2) is 8.58. The lowest BCUT2D eigenvalue weighted by Crippen LogP contribution is -2.46. The van der Waals surface area contributed by atoms with Gasteiger partial charge in [0.1, 0.15) is 5.82 Å². The molecule has 152 valence electrons. The maximum atomic E-state index is 14.0. The maximum absolute atomic E-state index is 14.0. The van der Waals surface area contributed by atoms with Gasteiger partial charge in [-0.1, -0.05) is 19.9 Å². The highest BCUT2D eigenvalue weighted by molar-refractivity contribution is 5.99. The number of hydrogen-bond donors (Lipinski definition) is 1. The summed E-state index contributed by atoms with van der Waals surface area (Å²) in [5.41, 5.74) is 3.95. The monoisotopic (exact) mass is 385 g/mol. The maximum Gasteiger partial charge on any atom is 0.178 e. The molecule has 1 aromatic carbocycles. The molecule has 0 saturated carbocycles. The zero-order valence-corrected chi connectivity index (χ0v) is 17.7. The van der Waals surface area contributed by atoms with Crippen LogP contribution < -0.4 is 5.32 Å². The van der Waals surface area contributed by atoms with E-state index in [1.54, 1.807) is 13.0 Å².